The van der Waals surface area contributed by atoms with Gasteiger partial charge in [-0.05, 0) is 18.2 Å². The number of anilines is 1. The third kappa shape index (κ3) is 2.09. The maximum absolute atomic E-state index is 11.8. The Morgan fingerprint density at radius 1 is 1.56 bits per heavy atom. The van der Waals surface area contributed by atoms with Crippen LogP contribution in [0.3, 0.4) is 0 Å². The molecule has 1 saturated heterocycles. The second-order valence-electron chi connectivity index (χ2n) is 4.71. The average molecular weight is 245 g/mol. The summed E-state index contributed by atoms with van der Waals surface area (Å²) in [5, 5.41) is 2.90. The van der Waals surface area contributed by atoms with Crippen molar-refractivity contribution in [2.45, 2.75) is 6.42 Å². The Labute approximate surface area is 105 Å². The van der Waals surface area contributed by atoms with Crippen molar-refractivity contribution in [3.8, 4) is 0 Å². The largest absolute Gasteiger partial charge is 0.381 e. The van der Waals surface area contributed by atoms with E-state index in [0.29, 0.717) is 25.6 Å². The molecule has 5 nitrogen and oxygen atoms in total. The van der Waals surface area contributed by atoms with Gasteiger partial charge < -0.3 is 14.6 Å². The first-order chi connectivity index (χ1) is 8.72. The molecule has 1 aromatic carbocycles. The smallest absolute Gasteiger partial charge is 0.224 e. The number of fused-ring (bicyclic) bond motifs is 1. The van der Waals surface area contributed by atoms with Gasteiger partial charge in [-0.3, -0.25) is 4.79 Å². The molecule has 3 rings (SSSR count). The number of nitrogens with zero attached hydrogens (tertiary/aromatic N) is 2. The molecule has 1 fully saturated rings. The number of carbonyl (C=O) groups excluding carboxylic acids is 1. The van der Waals surface area contributed by atoms with Gasteiger partial charge in [-0.25, -0.2) is 4.98 Å². The number of imidazole rings is 1. The molecule has 5 heteroatoms. The molecule has 0 aliphatic carbocycles. The Bertz CT molecular complexity index is 587. The number of nitrogens with one attached hydrogen (secondary N) is 1. The second kappa shape index (κ2) is 4.42. The fourth-order valence-electron chi connectivity index (χ4n) is 2.09. The highest BCUT2D eigenvalue weighted by Crippen LogP contribution is 2.19. The van der Waals surface area contributed by atoms with Crippen molar-refractivity contribution in [3.63, 3.8) is 0 Å². The molecule has 1 aliphatic rings. The summed E-state index contributed by atoms with van der Waals surface area (Å²) < 4.78 is 7.00. The minimum Gasteiger partial charge on any atom is -0.381 e. The lowest BCUT2D eigenvalue weighted by atomic mass is 10.0. The molecule has 1 N–H and O–H groups in total. The fourth-order valence-corrected chi connectivity index (χ4v) is 2.09. The minimum atomic E-state index is 0.0404. The highest BCUT2D eigenvalue weighted by molar-refractivity contribution is 5.93. The van der Waals surface area contributed by atoms with E-state index < -0.39 is 0 Å². The molecule has 2 heterocycles. The van der Waals surface area contributed by atoms with E-state index >= 15 is 0 Å². The number of amides is 1. The zero-order valence-corrected chi connectivity index (χ0v) is 10.2. The van der Waals surface area contributed by atoms with Crippen LogP contribution in [0.1, 0.15) is 6.42 Å². The van der Waals surface area contributed by atoms with Gasteiger partial charge in [-0.15, -0.1) is 0 Å². The van der Waals surface area contributed by atoms with E-state index in [1.165, 1.54) is 0 Å². The molecular weight excluding hydrogens is 230 g/mol. The number of aryl methyl sites for hydroxylation is 1. The SMILES string of the molecule is Cn1cnc2cc(NC(=O)CC3COC3)ccc21. The molecule has 1 aromatic heterocycles. The molecule has 0 saturated carbocycles. The van der Waals surface area contributed by atoms with Crippen LogP contribution in [-0.2, 0) is 16.6 Å². The van der Waals surface area contributed by atoms with Crippen LogP contribution in [-0.4, -0.2) is 28.7 Å². The molecule has 2 aromatic rings. The van der Waals surface area contributed by atoms with Crippen molar-refractivity contribution in [2.24, 2.45) is 13.0 Å². The van der Waals surface area contributed by atoms with Crippen LogP contribution in [0.2, 0.25) is 0 Å². The lowest BCUT2D eigenvalue weighted by Gasteiger charge is -2.25. The lowest BCUT2D eigenvalue weighted by molar-refractivity contribution is -0.121. The van der Waals surface area contributed by atoms with Crippen LogP contribution in [0, 0.1) is 5.92 Å². The van der Waals surface area contributed by atoms with Gasteiger partial charge in [0, 0.05) is 25.1 Å². The number of rotatable bonds is 3. The standard InChI is InChI=1S/C13H15N3O2/c1-16-8-14-11-5-10(2-3-12(11)16)15-13(17)4-9-6-18-7-9/h2-3,5,8-9H,4,6-7H2,1H3,(H,15,17). The van der Waals surface area contributed by atoms with E-state index in [9.17, 15) is 4.79 Å². The Morgan fingerprint density at radius 3 is 3.11 bits per heavy atom. The third-order valence-corrected chi connectivity index (χ3v) is 3.19. The maximum atomic E-state index is 11.8. The Hall–Kier alpha value is -1.88. The van der Waals surface area contributed by atoms with Crippen molar-refractivity contribution < 1.29 is 9.53 Å². The summed E-state index contributed by atoms with van der Waals surface area (Å²) in [7, 11) is 1.95. The van der Waals surface area contributed by atoms with Gasteiger partial charge in [0.05, 0.1) is 30.6 Å². The minimum absolute atomic E-state index is 0.0404. The summed E-state index contributed by atoms with van der Waals surface area (Å²) >= 11 is 0. The van der Waals surface area contributed by atoms with Crippen LogP contribution in [0.4, 0.5) is 5.69 Å². The van der Waals surface area contributed by atoms with Gasteiger partial charge in [-0.2, -0.15) is 0 Å². The van der Waals surface area contributed by atoms with Crippen molar-refractivity contribution in [1.82, 2.24) is 9.55 Å². The zero-order valence-electron chi connectivity index (χ0n) is 10.2. The molecule has 18 heavy (non-hydrogen) atoms. The quantitative estimate of drug-likeness (QED) is 0.892. The predicted octanol–water partition coefficient (Wildman–Crippen LogP) is 1.55. The first-order valence-electron chi connectivity index (χ1n) is 6.01. The number of hydrogen-bond donors (Lipinski definition) is 1. The van der Waals surface area contributed by atoms with Crippen molar-refractivity contribution in [3.05, 3.63) is 24.5 Å². The van der Waals surface area contributed by atoms with E-state index in [2.05, 4.69) is 10.3 Å². The van der Waals surface area contributed by atoms with E-state index in [-0.39, 0.29) is 5.91 Å². The molecule has 0 bridgehead atoms. The highest BCUT2D eigenvalue weighted by Gasteiger charge is 2.21. The summed E-state index contributed by atoms with van der Waals surface area (Å²) in [6, 6.07) is 5.76. The summed E-state index contributed by atoms with van der Waals surface area (Å²) in [4.78, 5) is 16.0. The summed E-state index contributed by atoms with van der Waals surface area (Å²) in [5.41, 5.74) is 2.74. The van der Waals surface area contributed by atoms with Gasteiger partial charge in [0.2, 0.25) is 5.91 Å². The molecule has 94 valence electrons. The van der Waals surface area contributed by atoms with E-state index in [0.717, 1.165) is 16.7 Å². The maximum Gasteiger partial charge on any atom is 0.224 e. The first-order valence-corrected chi connectivity index (χ1v) is 6.01. The molecule has 0 unspecified atom stereocenters. The van der Waals surface area contributed by atoms with E-state index in [1.807, 2.05) is 29.8 Å². The molecule has 0 radical (unpaired) electrons. The van der Waals surface area contributed by atoms with E-state index in [4.69, 9.17) is 4.74 Å². The number of benzene rings is 1. The number of hydrogen-bond acceptors (Lipinski definition) is 3. The van der Waals surface area contributed by atoms with Crippen LogP contribution < -0.4 is 5.32 Å². The average Bonchev–Trinajstić information content (AvgIpc) is 2.66. The van der Waals surface area contributed by atoms with Gasteiger partial charge in [0.1, 0.15) is 0 Å². The fraction of sp³-hybridized carbons (Fsp3) is 0.385. The number of aromatic nitrogens is 2. The van der Waals surface area contributed by atoms with E-state index in [1.54, 1.807) is 6.33 Å². The molecule has 0 atom stereocenters. The molecular formula is C13H15N3O2. The lowest BCUT2D eigenvalue weighted by Crippen LogP contribution is -2.31. The Kier molecular flexibility index (Phi) is 2.76. The molecule has 1 aliphatic heterocycles. The van der Waals surface area contributed by atoms with Gasteiger partial charge >= 0.3 is 0 Å². The van der Waals surface area contributed by atoms with Gasteiger partial charge in [0.25, 0.3) is 0 Å². The van der Waals surface area contributed by atoms with Crippen molar-refractivity contribution in [1.29, 1.82) is 0 Å². The van der Waals surface area contributed by atoms with Crippen molar-refractivity contribution in [2.75, 3.05) is 18.5 Å². The molecule has 1 amide bonds. The normalized spacial score (nSPS) is 15.6. The summed E-state index contributed by atoms with van der Waals surface area (Å²) in [6.07, 6.45) is 2.29. The Morgan fingerprint density at radius 2 is 2.39 bits per heavy atom. The Balaban J connectivity index is 1.71. The topological polar surface area (TPSA) is 56.2 Å². The van der Waals surface area contributed by atoms with Crippen LogP contribution in [0.5, 0.6) is 0 Å². The number of carbonyl (C=O) groups is 1. The molecule has 0 spiro atoms. The predicted molar refractivity (Wildman–Crippen MR) is 68.3 cm³/mol. The number of ether oxygens (including phenoxy) is 1. The first kappa shape index (κ1) is 11.2. The van der Waals surface area contributed by atoms with Gasteiger partial charge in [-0.1, -0.05) is 0 Å². The second-order valence-corrected chi connectivity index (χ2v) is 4.71. The highest BCUT2D eigenvalue weighted by atomic mass is 16.5. The third-order valence-electron chi connectivity index (χ3n) is 3.19. The van der Waals surface area contributed by atoms with Crippen LogP contribution in [0.25, 0.3) is 11.0 Å². The van der Waals surface area contributed by atoms with Crippen LogP contribution in [0.15, 0.2) is 24.5 Å². The summed E-state index contributed by atoms with van der Waals surface area (Å²) in [5.74, 6) is 0.419. The monoisotopic (exact) mass is 245 g/mol. The zero-order chi connectivity index (χ0) is 12.5. The van der Waals surface area contributed by atoms with Crippen molar-refractivity contribution >= 4 is 22.6 Å². The summed E-state index contributed by atoms with van der Waals surface area (Å²) in [6.45, 7) is 1.40. The van der Waals surface area contributed by atoms with Crippen LogP contribution >= 0.6 is 0 Å². The van der Waals surface area contributed by atoms with Gasteiger partial charge in [0.15, 0.2) is 0 Å².